The molecule has 2 aliphatic rings. The molecule has 1 aliphatic heterocycles. The molecule has 0 amide bonds. The molecule has 0 aromatic rings. The van der Waals surface area contributed by atoms with Crippen molar-refractivity contribution in [3.05, 3.63) is 0 Å². The lowest BCUT2D eigenvalue weighted by atomic mass is 9.94. The van der Waals surface area contributed by atoms with Crippen LogP contribution < -0.4 is 0 Å². The molecule has 88 valence electrons. The van der Waals surface area contributed by atoms with Crippen LogP contribution in [0.4, 0.5) is 0 Å². The molecule has 0 unspecified atom stereocenters. The maximum Gasteiger partial charge on any atom is 0.233 e. The van der Waals surface area contributed by atoms with Crippen LogP contribution in [0.15, 0.2) is 0 Å². The van der Waals surface area contributed by atoms with Gasteiger partial charge in [0.15, 0.2) is 0 Å². The third-order valence-corrected chi connectivity index (χ3v) is 2.90. The maximum absolute atomic E-state index is 8.94. The third-order valence-electron chi connectivity index (χ3n) is 2.90. The van der Waals surface area contributed by atoms with E-state index < -0.39 is 5.79 Å². The molecule has 0 aromatic heterocycles. The van der Waals surface area contributed by atoms with Gasteiger partial charge in [0.1, 0.15) is 0 Å². The van der Waals surface area contributed by atoms with Gasteiger partial charge in [-0.05, 0) is 12.8 Å². The molecule has 15 heavy (non-hydrogen) atoms. The van der Waals surface area contributed by atoms with E-state index in [0.717, 1.165) is 25.7 Å². The van der Waals surface area contributed by atoms with Gasteiger partial charge in [-0.15, -0.1) is 0 Å². The average Bonchev–Trinajstić information content (AvgIpc) is 2.25. The minimum atomic E-state index is -0.710. The van der Waals surface area contributed by atoms with Crippen molar-refractivity contribution >= 4 is 0 Å². The number of aliphatic hydroxyl groups is 1. The molecule has 5 nitrogen and oxygen atoms in total. The highest BCUT2D eigenvalue weighted by Crippen LogP contribution is 2.34. The van der Waals surface area contributed by atoms with E-state index in [4.69, 9.17) is 24.7 Å². The Bertz CT molecular complexity index is 178. The molecule has 1 heterocycles. The Kier molecular flexibility index (Phi) is 3.93. The average molecular weight is 218 g/mol. The van der Waals surface area contributed by atoms with Crippen molar-refractivity contribution in [2.24, 2.45) is 5.92 Å². The zero-order chi connectivity index (χ0) is 10.6. The van der Waals surface area contributed by atoms with Gasteiger partial charge in [-0.3, -0.25) is 0 Å². The Morgan fingerprint density at radius 2 is 1.60 bits per heavy atom. The van der Waals surface area contributed by atoms with Crippen molar-refractivity contribution < 1.29 is 24.7 Å². The molecule has 1 saturated heterocycles. The Balaban J connectivity index is 1.87. The first-order chi connectivity index (χ1) is 7.35. The van der Waals surface area contributed by atoms with E-state index in [1.807, 2.05) is 0 Å². The van der Waals surface area contributed by atoms with Crippen LogP contribution in [0.25, 0.3) is 0 Å². The molecule has 2 fully saturated rings. The van der Waals surface area contributed by atoms with E-state index in [1.54, 1.807) is 0 Å². The molecule has 1 saturated carbocycles. The highest BCUT2D eigenvalue weighted by Gasteiger charge is 2.38. The number of hydrogen-bond donors (Lipinski definition) is 1. The van der Waals surface area contributed by atoms with Crippen LogP contribution in [0.3, 0.4) is 0 Å². The Hall–Kier alpha value is -0.200. The molecular weight excluding hydrogens is 200 g/mol. The maximum atomic E-state index is 8.94. The second kappa shape index (κ2) is 5.23. The summed E-state index contributed by atoms with van der Waals surface area (Å²) in [4.78, 5) is 20.8. The van der Waals surface area contributed by atoms with Crippen molar-refractivity contribution in [3.8, 4) is 0 Å². The zero-order valence-electron chi connectivity index (χ0n) is 8.81. The van der Waals surface area contributed by atoms with Crippen LogP contribution in [-0.2, 0) is 19.6 Å². The zero-order valence-corrected chi connectivity index (χ0v) is 8.81. The summed E-state index contributed by atoms with van der Waals surface area (Å²) in [6, 6.07) is 0. The predicted octanol–water partition coefficient (Wildman–Crippen LogP) is 1.17. The number of hydrogen-bond acceptors (Lipinski definition) is 5. The summed E-state index contributed by atoms with van der Waals surface area (Å²) in [6.45, 7) is 0.711. The second-order valence-corrected chi connectivity index (χ2v) is 4.26. The minimum absolute atomic E-state index is 0.0136. The van der Waals surface area contributed by atoms with Crippen LogP contribution in [0.2, 0.25) is 0 Å². The van der Waals surface area contributed by atoms with E-state index in [-0.39, 0.29) is 12.5 Å². The SMILES string of the molecule is OCC1COOC2(CCCCC2)OOC1. The Morgan fingerprint density at radius 3 is 2.13 bits per heavy atom. The van der Waals surface area contributed by atoms with Gasteiger partial charge in [0.05, 0.1) is 19.8 Å². The van der Waals surface area contributed by atoms with Crippen molar-refractivity contribution in [1.29, 1.82) is 0 Å². The van der Waals surface area contributed by atoms with Gasteiger partial charge in [-0.1, -0.05) is 6.42 Å². The highest BCUT2D eigenvalue weighted by molar-refractivity contribution is 4.73. The fourth-order valence-corrected chi connectivity index (χ4v) is 1.90. The van der Waals surface area contributed by atoms with E-state index in [2.05, 4.69) is 0 Å². The fraction of sp³-hybridized carbons (Fsp3) is 1.00. The first-order valence-corrected chi connectivity index (χ1v) is 5.57. The third kappa shape index (κ3) is 2.89. The topological polar surface area (TPSA) is 57.2 Å². The summed E-state index contributed by atoms with van der Waals surface area (Å²) in [7, 11) is 0. The summed E-state index contributed by atoms with van der Waals surface area (Å²) in [6.07, 6.45) is 4.94. The lowest BCUT2D eigenvalue weighted by Crippen LogP contribution is -2.41. The van der Waals surface area contributed by atoms with E-state index >= 15 is 0 Å². The molecule has 1 aliphatic carbocycles. The molecule has 0 bridgehead atoms. The van der Waals surface area contributed by atoms with Crippen LogP contribution in [-0.4, -0.2) is 30.7 Å². The van der Waals surface area contributed by atoms with Crippen molar-refractivity contribution in [1.82, 2.24) is 0 Å². The number of aliphatic hydroxyl groups excluding tert-OH is 1. The monoisotopic (exact) mass is 218 g/mol. The summed E-state index contributed by atoms with van der Waals surface area (Å²) >= 11 is 0. The van der Waals surface area contributed by atoms with Gasteiger partial charge < -0.3 is 5.11 Å². The first-order valence-electron chi connectivity index (χ1n) is 5.57. The summed E-state index contributed by atoms with van der Waals surface area (Å²) < 4.78 is 0. The molecule has 2 rings (SSSR count). The van der Waals surface area contributed by atoms with Gasteiger partial charge >= 0.3 is 0 Å². The van der Waals surface area contributed by atoms with Gasteiger partial charge in [0.25, 0.3) is 0 Å². The van der Waals surface area contributed by atoms with Gasteiger partial charge in [-0.25, -0.2) is 9.78 Å². The lowest BCUT2D eigenvalue weighted by molar-refractivity contribution is -0.533. The van der Waals surface area contributed by atoms with E-state index in [9.17, 15) is 0 Å². The molecule has 0 radical (unpaired) electrons. The largest absolute Gasteiger partial charge is 0.396 e. The van der Waals surface area contributed by atoms with Crippen molar-refractivity contribution in [2.75, 3.05) is 19.8 Å². The lowest BCUT2D eigenvalue weighted by Gasteiger charge is -2.35. The van der Waals surface area contributed by atoms with Crippen LogP contribution in [0, 0.1) is 5.92 Å². The van der Waals surface area contributed by atoms with Gasteiger partial charge in [0, 0.05) is 18.8 Å². The smallest absolute Gasteiger partial charge is 0.233 e. The first kappa shape index (κ1) is 11.3. The molecule has 1 N–H and O–H groups in total. The molecule has 0 atom stereocenters. The summed E-state index contributed by atoms with van der Waals surface area (Å²) in [5.41, 5.74) is 0. The molecule has 0 aromatic carbocycles. The number of rotatable bonds is 1. The second-order valence-electron chi connectivity index (χ2n) is 4.26. The minimum Gasteiger partial charge on any atom is -0.396 e. The van der Waals surface area contributed by atoms with Crippen molar-refractivity contribution in [3.63, 3.8) is 0 Å². The highest BCUT2D eigenvalue weighted by atomic mass is 17.3. The van der Waals surface area contributed by atoms with Crippen LogP contribution >= 0.6 is 0 Å². The standard InChI is InChI=1S/C10H18O5/c11-6-9-7-12-14-10(15-13-8-9)4-2-1-3-5-10/h9,11H,1-8H2. The summed E-state index contributed by atoms with van der Waals surface area (Å²) in [5, 5.41) is 8.94. The molecular formula is C10H18O5. The summed E-state index contributed by atoms with van der Waals surface area (Å²) in [5.74, 6) is -0.787. The Labute approximate surface area is 89.1 Å². The normalized spacial score (nSPS) is 28.6. The van der Waals surface area contributed by atoms with Crippen LogP contribution in [0.5, 0.6) is 0 Å². The molecule has 5 heteroatoms. The van der Waals surface area contributed by atoms with E-state index in [0.29, 0.717) is 13.2 Å². The fourth-order valence-electron chi connectivity index (χ4n) is 1.90. The predicted molar refractivity (Wildman–Crippen MR) is 50.5 cm³/mol. The molecule has 1 spiro atoms. The van der Waals surface area contributed by atoms with E-state index in [1.165, 1.54) is 6.42 Å². The van der Waals surface area contributed by atoms with Crippen LogP contribution in [0.1, 0.15) is 32.1 Å². The quantitative estimate of drug-likeness (QED) is 0.669. The van der Waals surface area contributed by atoms with Crippen molar-refractivity contribution in [2.45, 2.75) is 37.9 Å². The van der Waals surface area contributed by atoms with Gasteiger partial charge in [-0.2, -0.15) is 9.78 Å². The van der Waals surface area contributed by atoms with Gasteiger partial charge in [0.2, 0.25) is 5.79 Å². The Morgan fingerprint density at radius 1 is 1.00 bits per heavy atom.